The van der Waals surface area contributed by atoms with Crippen molar-refractivity contribution in [3.05, 3.63) is 28.2 Å². The second kappa shape index (κ2) is 5.94. The van der Waals surface area contributed by atoms with Crippen LogP contribution in [0.3, 0.4) is 0 Å². The van der Waals surface area contributed by atoms with Crippen LogP contribution in [0.25, 0.3) is 0 Å². The number of thioether (sulfide) groups is 1. The lowest BCUT2D eigenvalue weighted by Crippen LogP contribution is -2.32. The first kappa shape index (κ1) is 12.3. The van der Waals surface area contributed by atoms with Crippen molar-refractivity contribution in [2.75, 3.05) is 11.5 Å². The van der Waals surface area contributed by atoms with Gasteiger partial charge in [0.05, 0.1) is 0 Å². The fourth-order valence-electron chi connectivity index (χ4n) is 1.85. The lowest BCUT2D eigenvalue weighted by Gasteiger charge is -2.22. The van der Waals surface area contributed by atoms with Crippen LogP contribution in [0.15, 0.2) is 22.7 Å². The topological polar surface area (TPSA) is 32.3 Å². The SMILES string of the molecule is Oc1ccc(Br)c(CNC2CCSCC2)c1. The van der Waals surface area contributed by atoms with Crippen LogP contribution in [0.1, 0.15) is 18.4 Å². The van der Waals surface area contributed by atoms with E-state index in [0.717, 1.165) is 16.6 Å². The Kier molecular flexibility index (Phi) is 4.55. The summed E-state index contributed by atoms with van der Waals surface area (Å²) in [7, 11) is 0. The molecule has 1 aliphatic rings. The number of hydrogen-bond acceptors (Lipinski definition) is 3. The molecule has 2 N–H and O–H groups in total. The largest absolute Gasteiger partial charge is 0.508 e. The third kappa shape index (κ3) is 3.40. The van der Waals surface area contributed by atoms with E-state index >= 15 is 0 Å². The number of benzene rings is 1. The lowest BCUT2D eigenvalue weighted by atomic mass is 10.1. The van der Waals surface area contributed by atoms with Crippen molar-refractivity contribution < 1.29 is 5.11 Å². The van der Waals surface area contributed by atoms with E-state index in [9.17, 15) is 5.11 Å². The molecule has 4 heteroatoms. The Bertz CT molecular complexity index is 353. The number of aromatic hydroxyl groups is 1. The standard InChI is InChI=1S/C12H16BrNOS/c13-12-2-1-11(15)7-9(12)8-14-10-3-5-16-6-4-10/h1-2,7,10,14-15H,3-6,8H2. The van der Waals surface area contributed by atoms with Crippen molar-refractivity contribution in [1.82, 2.24) is 5.32 Å². The fourth-order valence-corrected chi connectivity index (χ4v) is 3.35. The van der Waals surface area contributed by atoms with Gasteiger partial charge in [-0.2, -0.15) is 11.8 Å². The molecule has 1 aromatic carbocycles. The van der Waals surface area contributed by atoms with Crippen molar-refractivity contribution in [3.63, 3.8) is 0 Å². The molecule has 88 valence electrons. The van der Waals surface area contributed by atoms with E-state index < -0.39 is 0 Å². The minimum Gasteiger partial charge on any atom is -0.508 e. The minimum absolute atomic E-state index is 0.333. The van der Waals surface area contributed by atoms with Gasteiger partial charge in [-0.25, -0.2) is 0 Å². The molecule has 0 radical (unpaired) electrons. The van der Waals surface area contributed by atoms with E-state index in [0.29, 0.717) is 11.8 Å². The van der Waals surface area contributed by atoms with Crippen LogP contribution in [0.2, 0.25) is 0 Å². The van der Waals surface area contributed by atoms with Crippen molar-refractivity contribution in [2.45, 2.75) is 25.4 Å². The predicted octanol–water partition coefficient (Wildman–Crippen LogP) is 3.14. The molecule has 1 saturated heterocycles. The molecule has 0 amide bonds. The second-order valence-electron chi connectivity index (χ2n) is 4.04. The molecule has 0 saturated carbocycles. The molecule has 1 aromatic rings. The molecule has 0 bridgehead atoms. The zero-order valence-corrected chi connectivity index (χ0v) is 11.5. The molecule has 1 aliphatic heterocycles. The number of phenolic OH excluding ortho intramolecular Hbond substituents is 1. The summed E-state index contributed by atoms with van der Waals surface area (Å²) in [5, 5.41) is 13.0. The van der Waals surface area contributed by atoms with E-state index in [1.54, 1.807) is 6.07 Å². The predicted molar refractivity (Wildman–Crippen MR) is 73.0 cm³/mol. The average Bonchev–Trinajstić information content (AvgIpc) is 2.32. The third-order valence-corrected chi connectivity index (χ3v) is 4.65. The quantitative estimate of drug-likeness (QED) is 0.899. The van der Waals surface area contributed by atoms with E-state index in [-0.39, 0.29) is 0 Å². The van der Waals surface area contributed by atoms with Crippen molar-refractivity contribution >= 4 is 27.7 Å². The molecule has 2 rings (SSSR count). The van der Waals surface area contributed by atoms with Crippen molar-refractivity contribution in [3.8, 4) is 5.75 Å². The Morgan fingerprint density at radius 3 is 2.88 bits per heavy atom. The Morgan fingerprint density at radius 1 is 1.38 bits per heavy atom. The van der Waals surface area contributed by atoms with Crippen LogP contribution in [-0.2, 0) is 6.54 Å². The maximum absolute atomic E-state index is 9.42. The maximum Gasteiger partial charge on any atom is 0.115 e. The van der Waals surface area contributed by atoms with Crippen LogP contribution in [0.5, 0.6) is 5.75 Å². The molecular weight excluding hydrogens is 286 g/mol. The Labute approximate surface area is 109 Å². The Morgan fingerprint density at radius 2 is 2.12 bits per heavy atom. The summed E-state index contributed by atoms with van der Waals surface area (Å²) in [6.45, 7) is 0.824. The number of nitrogens with one attached hydrogen (secondary N) is 1. The summed E-state index contributed by atoms with van der Waals surface area (Å²) in [6.07, 6.45) is 2.50. The molecular formula is C12H16BrNOS. The molecule has 0 unspecified atom stereocenters. The monoisotopic (exact) mass is 301 g/mol. The van der Waals surface area contributed by atoms with Gasteiger partial charge in [0.25, 0.3) is 0 Å². The number of hydrogen-bond donors (Lipinski definition) is 2. The molecule has 0 spiro atoms. The molecule has 0 aliphatic carbocycles. The maximum atomic E-state index is 9.42. The van der Waals surface area contributed by atoms with E-state index in [4.69, 9.17) is 0 Å². The van der Waals surface area contributed by atoms with Crippen LogP contribution in [0.4, 0.5) is 0 Å². The molecule has 0 aromatic heterocycles. The Hall–Kier alpha value is -0.190. The first-order valence-corrected chi connectivity index (χ1v) is 7.49. The van der Waals surface area contributed by atoms with Gasteiger partial charge in [0.2, 0.25) is 0 Å². The number of phenols is 1. The number of halogens is 1. The highest BCUT2D eigenvalue weighted by Crippen LogP contribution is 2.23. The van der Waals surface area contributed by atoms with Crippen LogP contribution >= 0.6 is 27.7 Å². The van der Waals surface area contributed by atoms with Crippen LogP contribution < -0.4 is 5.32 Å². The highest BCUT2D eigenvalue weighted by atomic mass is 79.9. The number of rotatable bonds is 3. The molecule has 1 heterocycles. The molecule has 0 atom stereocenters. The summed E-state index contributed by atoms with van der Waals surface area (Å²) < 4.78 is 1.06. The summed E-state index contributed by atoms with van der Waals surface area (Å²) >= 11 is 5.54. The Balaban J connectivity index is 1.90. The highest BCUT2D eigenvalue weighted by Gasteiger charge is 2.13. The van der Waals surface area contributed by atoms with Crippen LogP contribution in [0, 0.1) is 0 Å². The van der Waals surface area contributed by atoms with Crippen LogP contribution in [-0.4, -0.2) is 22.7 Å². The van der Waals surface area contributed by atoms with E-state index in [1.165, 1.54) is 24.3 Å². The van der Waals surface area contributed by atoms with Gasteiger partial charge in [-0.3, -0.25) is 0 Å². The van der Waals surface area contributed by atoms with Gasteiger partial charge < -0.3 is 10.4 Å². The molecule has 2 nitrogen and oxygen atoms in total. The summed E-state index contributed by atoms with van der Waals surface area (Å²) in [5.74, 6) is 2.86. The van der Waals surface area contributed by atoms with E-state index in [1.807, 2.05) is 23.9 Å². The van der Waals surface area contributed by atoms with E-state index in [2.05, 4.69) is 21.2 Å². The lowest BCUT2D eigenvalue weighted by molar-refractivity contribution is 0.467. The molecule has 1 fully saturated rings. The van der Waals surface area contributed by atoms with Gasteiger partial charge in [0.15, 0.2) is 0 Å². The third-order valence-electron chi connectivity index (χ3n) is 2.83. The van der Waals surface area contributed by atoms with Gasteiger partial charge in [0, 0.05) is 17.1 Å². The van der Waals surface area contributed by atoms with Gasteiger partial charge in [-0.15, -0.1) is 0 Å². The molecule has 16 heavy (non-hydrogen) atoms. The summed E-state index contributed by atoms with van der Waals surface area (Å²) in [4.78, 5) is 0. The minimum atomic E-state index is 0.333. The summed E-state index contributed by atoms with van der Waals surface area (Å²) in [5.41, 5.74) is 1.12. The van der Waals surface area contributed by atoms with Crippen molar-refractivity contribution in [1.29, 1.82) is 0 Å². The zero-order valence-electron chi connectivity index (χ0n) is 9.08. The van der Waals surface area contributed by atoms with Crippen molar-refractivity contribution in [2.24, 2.45) is 0 Å². The van der Waals surface area contributed by atoms with Gasteiger partial charge >= 0.3 is 0 Å². The zero-order chi connectivity index (χ0) is 11.4. The average molecular weight is 302 g/mol. The summed E-state index contributed by atoms with van der Waals surface area (Å²) in [6, 6.07) is 6.04. The highest BCUT2D eigenvalue weighted by molar-refractivity contribution is 9.10. The fraction of sp³-hybridized carbons (Fsp3) is 0.500. The van der Waals surface area contributed by atoms with Gasteiger partial charge in [-0.1, -0.05) is 15.9 Å². The van der Waals surface area contributed by atoms with Gasteiger partial charge in [-0.05, 0) is 48.1 Å². The second-order valence-corrected chi connectivity index (χ2v) is 6.12. The van der Waals surface area contributed by atoms with Gasteiger partial charge in [0.1, 0.15) is 5.75 Å². The first-order valence-electron chi connectivity index (χ1n) is 5.54. The normalized spacial score (nSPS) is 17.6. The first-order chi connectivity index (χ1) is 7.75. The smallest absolute Gasteiger partial charge is 0.115 e.